The number of hydrogen-bond acceptors (Lipinski definition) is 6. The monoisotopic (exact) mass is 739 g/mol. The third-order valence-corrected chi connectivity index (χ3v) is 8.48. The molecule has 8 heteroatoms. The van der Waals surface area contributed by atoms with Crippen LogP contribution >= 0.6 is 0 Å². The second-order valence-corrected chi connectivity index (χ2v) is 13.0. The van der Waals surface area contributed by atoms with Gasteiger partial charge in [-0.25, -0.2) is 0 Å². The third kappa shape index (κ3) is 34.4. The Morgan fingerprint density at radius 3 is 1.20 bits per heavy atom. The number of halogens is 1. The Hall–Kier alpha value is -0.450. The van der Waals surface area contributed by atoms with E-state index >= 15 is 0 Å². The summed E-state index contributed by atoms with van der Waals surface area (Å²) in [7, 11) is 2.05. The summed E-state index contributed by atoms with van der Waals surface area (Å²) in [4.78, 5) is 11.0. The molecule has 0 aliphatic rings. The summed E-state index contributed by atoms with van der Waals surface area (Å²) < 4.78 is 0.532. The highest BCUT2D eigenvalue weighted by Gasteiger charge is 2.25. The van der Waals surface area contributed by atoms with Crippen molar-refractivity contribution in [1.82, 2.24) is 0 Å². The summed E-state index contributed by atoms with van der Waals surface area (Å²) >= 11 is 0. The van der Waals surface area contributed by atoms with Gasteiger partial charge in [0, 0.05) is 12.4 Å². The van der Waals surface area contributed by atoms with E-state index in [2.05, 4.69) is 31.2 Å². The fourth-order valence-corrected chi connectivity index (χ4v) is 5.50. The van der Waals surface area contributed by atoms with Crippen molar-refractivity contribution in [3.8, 4) is 0 Å². The number of oxime groups is 2. The standard InChI is InChI=1S/C36H74N3O4.HI/c1-4-6-8-10-12-14-16-18-20-22-24-26-28-37-42-32-30-39(3,34-36(41)35-40)31-33-43-38-29-27-25-23-21-19-17-15-13-11-9-7-5-2;/h28-29,36,40-41H,4-27,30-35H2,1-3H3;1H/q+1;/p-1/b37-28+,38-29+;. The number of aliphatic hydroxyl groups excluding tert-OH is 2. The van der Waals surface area contributed by atoms with E-state index in [1.165, 1.54) is 128 Å². The van der Waals surface area contributed by atoms with Crippen molar-refractivity contribution in [2.24, 2.45) is 10.3 Å². The average molecular weight is 740 g/mol. The van der Waals surface area contributed by atoms with Crippen LogP contribution in [0.3, 0.4) is 0 Å². The van der Waals surface area contributed by atoms with E-state index in [0.29, 0.717) is 37.3 Å². The minimum Gasteiger partial charge on any atom is -1.00 e. The molecule has 0 spiro atoms. The van der Waals surface area contributed by atoms with Crippen molar-refractivity contribution in [3.63, 3.8) is 0 Å². The highest BCUT2D eigenvalue weighted by atomic mass is 127. The quantitative estimate of drug-likeness (QED) is 0.0267. The van der Waals surface area contributed by atoms with Gasteiger partial charge in [-0.1, -0.05) is 153 Å². The lowest BCUT2D eigenvalue weighted by Crippen LogP contribution is -3.00. The molecule has 0 aromatic carbocycles. The Bertz CT molecular complexity index is 568. The van der Waals surface area contributed by atoms with Crippen LogP contribution in [0.1, 0.15) is 168 Å². The van der Waals surface area contributed by atoms with Crippen LogP contribution in [0, 0.1) is 0 Å². The van der Waals surface area contributed by atoms with Crippen LogP contribution in [0.25, 0.3) is 0 Å². The molecule has 44 heavy (non-hydrogen) atoms. The van der Waals surface area contributed by atoms with Crippen LogP contribution < -0.4 is 24.0 Å². The van der Waals surface area contributed by atoms with Gasteiger partial charge in [0.15, 0.2) is 13.2 Å². The van der Waals surface area contributed by atoms with Crippen LogP contribution in [-0.4, -0.2) is 79.7 Å². The van der Waals surface area contributed by atoms with Gasteiger partial charge in [0.2, 0.25) is 0 Å². The zero-order chi connectivity index (χ0) is 31.5. The molecule has 0 bridgehead atoms. The fourth-order valence-electron chi connectivity index (χ4n) is 5.50. The maximum absolute atomic E-state index is 10.1. The summed E-state index contributed by atoms with van der Waals surface area (Å²) in [5.74, 6) is 0. The molecule has 0 rings (SSSR count). The molecule has 0 fully saturated rings. The molecule has 0 saturated carbocycles. The molecule has 2 N–H and O–H groups in total. The van der Waals surface area contributed by atoms with Gasteiger partial charge in [-0.05, 0) is 25.7 Å². The molecule has 264 valence electrons. The first-order valence-electron chi connectivity index (χ1n) is 18.5. The predicted octanol–water partition coefficient (Wildman–Crippen LogP) is 6.20. The lowest BCUT2D eigenvalue weighted by Gasteiger charge is -2.34. The molecule has 0 aromatic rings. The van der Waals surface area contributed by atoms with E-state index in [1.807, 2.05) is 12.4 Å². The van der Waals surface area contributed by atoms with E-state index in [9.17, 15) is 10.2 Å². The minimum atomic E-state index is -0.765. The van der Waals surface area contributed by atoms with E-state index in [-0.39, 0.29) is 30.6 Å². The molecular weight excluding hydrogens is 665 g/mol. The maximum Gasteiger partial charge on any atom is 0.165 e. The topological polar surface area (TPSA) is 83.6 Å². The molecule has 1 unspecified atom stereocenters. The van der Waals surface area contributed by atoms with Gasteiger partial charge in [-0.2, -0.15) is 0 Å². The maximum atomic E-state index is 10.1. The number of aliphatic hydroxyl groups is 2. The Labute approximate surface area is 290 Å². The predicted molar refractivity (Wildman–Crippen MR) is 185 cm³/mol. The van der Waals surface area contributed by atoms with Crippen molar-refractivity contribution in [2.45, 2.75) is 174 Å². The van der Waals surface area contributed by atoms with Gasteiger partial charge in [0.25, 0.3) is 0 Å². The largest absolute Gasteiger partial charge is 1.00 e. The first-order valence-corrected chi connectivity index (χ1v) is 18.5. The van der Waals surface area contributed by atoms with Gasteiger partial charge < -0.3 is 48.3 Å². The molecule has 0 saturated heterocycles. The second-order valence-electron chi connectivity index (χ2n) is 13.0. The van der Waals surface area contributed by atoms with Crippen molar-refractivity contribution >= 4 is 12.4 Å². The summed E-state index contributed by atoms with van der Waals surface area (Å²) in [6.45, 7) is 7.02. The Kier molecular flexibility index (Phi) is 38.4. The molecule has 0 heterocycles. The number of nitrogens with zero attached hydrogens (tertiary/aromatic N) is 3. The van der Waals surface area contributed by atoms with Gasteiger partial charge in [-0.15, -0.1) is 0 Å². The van der Waals surface area contributed by atoms with Gasteiger partial charge in [-0.3, -0.25) is 0 Å². The summed E-state index contributed by atoms with van der Waals surface area (Å²) in [5.41, 5.74) is 0. The zero-order valence-corrected chi connectivity index (χ0v) is 31.5. The molecular formula is C36H74IN3O4. The molecule has 0 aliphatic heterocycles. The smallest absolute Gasteiger partial charge is 0.165 e. The highest BCUT2D eigenvalue weighted by Crippen LogP contribution is 2.13. The number of likely N-dealkylation sites (N-methyl/N-ethyl adjacent to an activating group) is 1. The number of quaternary nitrogens is 1. The number of unbranched alkanes of at least 4 members (excludes halogenated alkanes) is 22. The van der Waals surface area contributed by atoms with Crippen molar-refractivity contribution < 1.29 is 48.3 Å². The fraction of sp³-hybridized carbons (Fsp3) is 0.944. The van der Waals surface area contributed by atoms with E-state index in [1.54, 1.807) is 0 Å². The molecule has 1 atom stereocenters. The van der Waals surface area contributed by atoms with Crippen molar-refractivity contribution in [1.29, 1.82) is 0 Å². The van der Waals surface area contributed by atoms with Crippen LogP contribution in [0.5, 0.6) is 0 Å². The Morgan fingerprint density at radius 2 is 0.886 bits per heavy atom. The molecule has 0 aromatic heterocycles. The normalized spacial score (nSPS) is 12.7. The number of hydrogen-bond donors (Lipinski definition) is 2. The van der Waals surface area contributed by atoms with Gasteiger partial charge >= 0.3 is 0 Å². The second kappa shape index (κ2) is 37.0. The van der Waals surface area contributed by atoms with Crippen LogP contribution in [0.15, 0.2) is 10.3 Å². The first kappa shape index (κ1) is 45.7. The minimum absolute atomic E-state index is 0. The average Bonchev–Trinajstić information content (AvgIpc) is 3.00. The summed E-state index contributed by atoms with van der Waals surface area (Å²) in [6.07, 6.45) is 34.5. The van der Waals surface area contributed by atoms with Crippen LogP contribution in [0.4, 0.5) is 0 Å². The van der Waals surface area contributed by atoms with Crippen LogP contribution in [-0.2, 0) is 9.68 Å². The summed E-state index contributed by atoms with van der Waals surface area (Å²) in [6, 6.07) is 0. The Morgan fingerprint density at radius 1 is 0.568 bits per heavy atom. The molecule has 7 nitrogen and oxygen atoms in total. The molecule has 0 aliphatic carbocycles. The van der Waals surface area contributed by atoms with Crippen LogP contribution in [0.2, 0.25) is 0 Å². The molecule has 0 amide bonds. The molecule has 0 radical (unpaired) electrons. The first-order chi connectivity index (χ1) is 21.1. The van der Waals surface area contributed by atoms with E-state index in [0.717, 1.165) is 25.7 Å². The third-order valence-electron chi connectivity index (χ3n) is 8.48. The van der Waals surface area contributed by atoms with Gasteiger partial charge in [0.05, 0.1) is 13.7 Å². The lowest BCUT2D eigenvalue weighted by atomic mass is 10.1. The van der Waals surface area contributed by atoms with Crippen molar-refractivity contribution in [3.05, 3.63) is 0 Å². The summed E-state index contributed by atoms with van der Waals surface area (Å²) in [5, 5.41) is 27.7. The SMILES string of the molecule is CCCCCCCCCCCCC/C=N/OCC[N+](C)(CCO/N=C/CCCCCCCCCCCCC)CC(O)CO.[I-]. The van der Waals surface area contributed by atoms with Crippen molar-refractivity contribution in [2.75, 3.05) is 46.5 Å². The lowest BCUT2D eigenvalue weighted by molar-refractivity contribution is -0.913. The van der Waals surface area contributed by atoms with E-state index < -0.39 is 6.10 Å². The zero-order valence-electron chi connectivity index (χ0n) is 29.4. The number of rotatable bonds is 35. The van der Waals surface area contributed by atoms with E-state index in [4.69, 9.17) is 9.68 Å². The Balaban J connectivity index is 0. The highest BCUT2D eigenvalue weighted by molar-refractivity contribution is 5.56. The van der Waals surface area contributed by atoms with Gasteiger partial charge in [0.1, 0.15) is 25.7 Å².